The molecule has 34 heavy (non-hydrogen) atoms. The number of carbonyl (C=O) groups excluding carboxylic acids is 3. The minimum Gasteiger partial charge on any atom is -0.441 e. The van der Waals surface area contributed by atoms with Crippen LogP contribution in [-0.2, 0) is 21.4 Å². The lowest BCUT2D eigenvalue weighted by molar-refractivity contribution is -0.122. The van der Waals surface area contributed by atoms with Gasteiger partial charge < -0.3 is 15.4 Å². The molecule has 0 spiro atoms. The van der Waals surface area contributed by atoms with Crippen molar-refractivity contribution in [1.29, 1.82) is 0 Å². The summed E-state index contributed by atoms with van der Waals surface area (Å²) in [5.41, 5.74) is 1.75. The fourth-order valence-electron chi connectivity index (χ4n) is 3.37. The molecule has 13 heteroatoms. The Morgan fingerprint density at radius 3 is 2.76 bits per heavy atom. The number of nitrogens with one attached hydrogen (secondary N) is 3. The molecule has 0 radical (unpaired) electrons. The van der Waals surface area contributed by atoms with Crippen molar-refractivity contribution in [1.82, 2.24) is 30.3 Å². The van der Waals surface area contributed by atoms with Crippen LogP contribution in [0.15, 0.2) is 36.7 Å². The Labute approximate surface area is 199 Å². The first-order valence-electron chi connectivity index (χ1n) is 10.4. The molecule has 0 aliphatic carbocycles. The van der Waals surface area contributed by atoms with E-state index in [0.29, 0.717) is 35.5 Å². The van der Waals surface area contributed by atoms with E-state index in [4.69, 9.17) is 16.3 Å². The van der Waals surface area contributed by atoms with Gasteiger partial charge in [-0.05, 0) is 31.5 Å². The van der Waals surface area contributed by atoms with Crippen LogP contribution in [0.2, 0.25) is 5.15 Å². The lowest BCUT2D eigenvalue weighted by atomic mass is 10.2. The van der Waals surface area contributed by atoms with Crippen LogP contribution in [0, 0.1) is 0 Å². The Morgan fingerprint density at radius 2 is 2.09 bits per heavy atom. The molecule has 3 aromatic heterocycles. The average molecular weight is 485 g/mol. The molecule has 0 aromatic carbocycles. The van der Waals surface area contributed by atoms with Gasteiger partial charge in [0.2, 0.25) is 11.8 Å². The van der Waals surface area contributed by atoms with Gasteiger partial charge in [0.15, 0.2) is 11.5 Å². The van der Waals surface area contributed by atoms with Crippen LogP contribution in [0.5, 0.6) is 0 Å². The second kappa shape index (κ2) is 9.83. The van der Waals surface area contributed by atoms with Crippen molar-refractivity contribution in [2.24, 2.45) is 7.05 Å². The molecule has 12 nitrogen and oxygen atoms in total. The molecule has 0 bridgehead atoms. The van der Waals surface area contributed by atoms with Crippen molar-refractivity contribution >= 4 is 41.0 Å². The zero-order valence-electron chi connectivity index (χ0n) is 18.3. The Kier molecular flexibility index (Phi) is 6.68. The molecule has 1 aliphatic rings. The number of hydrogen-bond acceptors (Lipinski definition) is 8. The van der Waals surface area contributed by atoms with Gasteiger partial charge in [0, 0.05) is 25.2 Å². The predicted molar refractivity (Wildman–Crippen MR) is 122 cm³/mol. The number of amides is 3. The van der Waals surface area contributed by atoms with Gasteiger partial charge in [-0.2, -0.15) is 0 Å². The first-order chi connectivity index (χ1) is 16.3. The molecule has 4 rings (SSSR count). The van der Waals surface area contributed by atoms with Gasteiger partial charge in [0.05, 0.1) is 17.6 Å². The summed E-state index contributed by atoms with van der Waals surface area (Å²) in [5.74, 6) is -0.187. The number of carbonyl (C=O) groups is 3. The molecule has 2 atom stereocenters. The van der Waals surface area contributed by atoms with Crippen LogP contribution in [0.4, 0.5) is 16.3 Å². The molecule has 1 saturated heterocycles. The van der Waals surface area contributed by atoms with Crippen molar-refractivity contribution in [3.8, 4) is 11.4 Å². The molecule has 4 heterocycles. The molecule has 176 valence electrons. The summed E-state index contributed by atoms with van der Waals surface area (Å²) in [7, 11) is 1.61. The number of pyridine rings is 2. The summed E-state index contributed by atoms with van der Waals surface area (Å²) in [6.07, 6.45) is 2.40. The van der Waals surface area contributed by atoms with E-state index < -0.39 is 18.2 Å². The zero-order valence-corrected chi connectivity index (χ0v) is 19.0. The number of rotatable bonds is 6. The highest BCUT2D eigenvalue weighted by atomic mass is 35.5. The molecule has 0 unspecified atom stereocenters. The maximum atomic E-state index is 12.5. The fraction of sp³-hybridized carbons (Fsp3) is 0.286. The third-order valence-electron chi connectivity index (χ3n) is 5.14. The molecule has 0 saturated carbocycles. The van der Waals surface area contributed by atoms with Gasteiger partial charge in [0.1, 0.15) is 17.3 Å². The highest BCUT2D eigenvalue weighted by Gasteiger charge is 2.27. The summed E-state index contributed by atoms with van der Waals surface area (Å²) < 4.78 is 6.79. The lowest BCUT2D eigenvalue weighted by Gasteiger charge is -2.15. The second-order valence-electron chi connectivity index (χ2n) is 7.55. The Morgan fingerprint density at radius 1 is 1.26 bits per heavy atom. The van der Waals surface area contributed by atoms with E-state index in [1.54, 1.807) is 44.4 Å². The van der Waals surface area contributed by atoms with Gasteiger partial charge in [0.25, 0.3) is 0 Å². The standard InChI is InChI=1S/C21H21ClN8O4/c1-11(13-4-3-9-23-18(13)22)34-21(33)27-19-17(28-29-30(19)2)14-6-5-12(10-24-14)25-20(32)15-7-8-16(31)26-15/h3-6,9-11,15H,7-8H2,1-2H3,(H,25,32)(H,26,31)(H,27,33)/t11-,15-/m1/s1. The number of halogens is 1. The van der Waals surface area contributed by atoms with Gasteiger partial charge >= 0.3 is 6.09 Å². The van der Waals surface area contributed by atoms with Crippen LogP contribution < -0.4 is 16.0 Å². The van der Waals surface area contributed by atoms with Crippen LogP contribution in [0.25, 0.3) is 11.4 Å². The quantitative estimate of drug-likeness (QED) is 0.451. The minimum absolute atomic E-state index is 0.146. The number of anilines is 2. The van der Waals surface area contributed by atoms with Crippen LogP contribution in [0.3, 0.4) is 0 Å². The number of hydrogen-bond donors (Lipinski definition) is 3. The van der Waals surface area contributed by atoms with E-state index in [1.165, 1.54) is 10.9 Å². The number of aryl methyl sites for hydroxylation is 1. The highest BCUT2D eigenvalue weighted by Crippen LogP contribution is 2.27. The smallest absolute Gasteiger partial charge is 0.413 e. The monoisotopic (exact) mass is 484 g/mol. The van der Waals surface area contributed by atoms with Crippen LogP contribution in [-0.4, -0.2) is 48.9 Å². The topological polar surface area (TPSA) is 153 Å². The summed E-state index contributed by atoms with van der Waals surface area (Å²) in [4.78, 5) is 44.3. The van der Waals surface area contributed by atoms with E-state index >= 15 is 0 Å². The SMILES string of the molecule is C[C@@H](OC(=O)Nc1c(-c2ccc(NC(=O)[C@H]3CCC(=O)N3)cn2)nnn1C)c1cccnc1Cl. The van der Waals surface area contributed by atoms with Gasteiger partial charge in [-0.15, -0.1) is 5.10 Å². The van der Waals surface area contributed by atoms with Crippen molar-refractivity contribution in [3.63, 3.8) is 0 Å². The number of nitrogens with zero attached hydrogens (tertiary/aromatic N) is 5. The summed E-state index contributed by atoms with van der Waals surface area (Å²) in [6.45, 7) is 1.68. The van der Waals surface area contributed by atoms with Gasteiger partial charge in [-0.3, -0.25) is 19.9 Å². The van der Waals surface area contributed by atoms with E-state index in [0.717, 1.165) is 0 Å². The van der Waals surface area contributed by atoms with Gasteiger partial charge in [-0.1, -0.05) is 22.9 Å². The lowest BCUT2D eigenvalue weighted by Crippen LogP contribution is -2.37. The fourth-order valence-corrected chi connectivity index (χ4v) is 3.64. The molecule has 1 fully saturated rings. The van der Waals surface area contributed by atoms with E-state index in [9.17, 15) is 14.4 Å². The Balaban J connectivity index is 1.43. The van der Waals surface area contributed by atoms with Crippen molar-refractivity contribution in [3.05, 3.63) is 47.4 Å². The molecular formula is C21H21ClN8O4. The predicted octanol–water partition coefficient (Wildman–Crippen LogP) is 2.45. The van der Waals surface area contributed by atoms with Crippen molar-refractivity contribution in [2.75, 3.05) is 10.6 Å². The van der Waals surface area contributed by atoms with Crippen molar-refractivity contribution < 1.29 is 19.1 Å². The summed E-state index contributed by atoms with van der Waals surface area (Å²) in [6, 6.07) is 6.12. The molecule has 1 aliphatic heterocycles. The summed E-state index contributed by atoms with van der Waals surface area (Å²) >= 11 is 6.06. The molecule has 3 amide bonds. The second-order valence-corrected chi connectivity index (χ2v) is 7.90. The Hall–Kier alpha value is -4.06. The van der Waals surface area contributed by atoms with E-state index in [2.05, 4.69) is 36.2 Å². The largest absolute Gasteiger partial charge is 0.441 e. The van der Waals surface area contributed by atoms with E-state index in [1.807, 2.05) is 0 Å². The highest BCUT2D eigenvalue weighted by molar-refractivity contribution is 6.30. The maximum Gasteiger partial charge on any atom is 0.413 e. The maximum absolute atomic E-state index is 12.5. The number of ether oxygens (including phenoxy) is 1. The summed E-state index contributed by atoms with van der Waals surface area (Å²) in [5, 5.41) is 16.2. The number of aromatic nitrogens is 5. The average Bonchev–Trinajstić information content (AvgIpc) is 3.40. The minimum atomic E-state index is -0.735. The van der Waals surface area contributed by atoms with Crippen LogP contribution in [0.1, 0.15) is 31.4 Å². The first kappa shape index (κ1) is 23.1. The molecular weight excluding hydrogens is 464 g/mol. The molecule has 3 aromatic rings. The molecule has 3 N–H and O–H groups in total. The Bertz CT molecular complexity index is 1230. The van der Waals surface area contributed by atoms with Crippen molar-refractivity contribution in [2.45, 2.75) is 31.9 Å². The van der Waals surface area contributed by atoms with Gasteiger partial charge in [-0.25, -0.2) is 14.5 Å². The normalized spacial score (nSPS) is 16.0. The first-order valence-corrected chi connectivity index (χ1v) is 10.7. The third kappa shape index (κ3) is 5.12. The zero-order chi connectivity index (χ0) is 24.2. The van der Waals surface area contributed by atoms with Crippen LogP contribution >= 0.6 is 11.6 Å². The van der Waals surface area contributed by atoms with E-state index in [-0.39, 0.29) is 22.8 Å². The third-order valence-corrected chi connectivity index (χ3v) is 5.46.